The first kappa shape index (κ1) is 20.6. The van der Waals surface area contributed by atoms with Crippen LogP contribution < -0.4 is 10.6 Å². The van der Waals surface area contributed by atoms with Crippen LogP contribution in [0.5, 0.6) is 0 Å². The second-order valence-corrected chi connectivity index (χ2v) is 8.83. The average Bonchev–Trinajstić information content (AvgIpc) is 3.21. The Morgan fingerprint density at radius 3 is 2.58 bits per heavy atom. The Labute approximate surface area is 175 Å². The first-order chi connectivity index (χ1) is 12.2. The first-order valence-corrected chi connectivity index (χ1v) is 10.3. The molecule has 0 aromatic heterocycles. The van der Waals surface area contributed by atoms with Gasteiger partial charge in [-0.1, -0.05) is 19.3 Å². The van der Waals surface area contributed by atoms with Gasteiger partial charge in [-0.25, -0.2) is 0 Å². The quantitative estimate of drug-likeness (QED) is 0.350. The Kier molecular flexibility index (Phi) is 6.76. The lowest BCUT2D eigenvalue weighted by molar-refractivity contribution is -0.171. The van der Waals surface area contributed by atoms with Crippen LogP contribution in [0.15, 0.2) is 4.99 Å². The lowest BCUT2D eigenvalue weighted by atomic mass is 9.46. The molecule has 5 nitrogen and oxygen atoms in total. The molecule has 4 fully saturated rings. The summed E-state index contributed by atoms with van der Waals surface area (Å²) in [5.41, 5.74) is 0.792. The van der Waals surface area contributed by atoms with Gasteiger partial charge < -0.3 is 20.1 Å². The lowest BCUT2D eigenvalue weighted by Gasteiger charge is -2.63. The minimum atomic E-state index is 0. The Morgan fingerprint density at radius 1 is 1.19 bits per heavy atom. The van der Waals surface area contributed by atoms with Gasteiger partial charge in [-0.05, 0) is 43.9 Å². The molecule has 1 spiro atoms. The van der Waals surface area contributed by atoms with Crippen LogP contribution in [-0.2, 0) is 9.47 Å². The molecule has 6 heteroatoms. The van der Waals surface area contributed by atoms with Crippen molar-refractivity contribution in [1.82, 2.24) is 10.6 Å². The van der Waals surface area contributed by atoms with Gasteiger partial charge in [0.2, 0.25) is 0 Å². The number of aliphatic imine (C=N–C) groups is 1. The molecule has 0 aromatic rings. The zero-order chi connectivity index (χ0) is 17.3. The van der Waals surface area contributed by atoms with Gasteiger partial charge in [0.25, 0.3) is 0 Å². The van der Waals surface area contributed by atoms with Crippen molar-refractivity contribution in [3.05, 3.63) is 0 Å². The molecule has 3 unspecified atom stereocenters. The molecule has 0 bridgehead atoms. The van der Waals surface area contributed by atoms with Gasteiger partial charge >= 0.3 is 0 Å². The van der Waals surface area contributed by atoms with E-state index in [-0.39, 0.29) is 24.0 Å². The van der Waals surface area contributed by atoms with Crippen molar-refractivity contribution in [2.75, 3.05) is 33.9 Å². The minimum absolute atomic E-state index is 0. The summed E-state index contributed by atoms with van der Waals surface area (Å²) in [4.78, 5) is 4.54. The standard InChI is InChI=1S/C20H35N3O2.HI/c1-21-18(22-14-19(11-13-24-2)7-3-4-8-19)23-16-15-6-12-25-17(15)20(16)9-5-10-20;/h15-17H,3-14H2,1-2H3,(H2,21,22,23);1H. The van der Waals surface area contributed by atoms with Crippen molar-refractivity contribution in [2.45, 2.75) is 69.9 Å². The van der Waals surface area contributed by atoms with Crippen LogP contribution in [0.25, 0.3) is 0 Å². The molecule has 3 aliphatic carbocycles. The normalized spacial score (nSPS) is 33.8. The summed E-state index contributed by atoms with van der Waals surface area (Å²) in [5.74, 6) is 1.68. The Hall–Kier alpha value is -0.0800. The highest BCUT2D eigenvalue weighted by molar-refractivity contribution is 14.0. The van der Waals surface area contributed by atoms with Crippen molar-refractivity contribution in [3.8, 4) is 0 Å². The number of nitrogens with one attached hydrogen (secondary N) is 2. The van der Waals surface area contributed by atoms with Crippen molar-refractivity contribution < 1.29 is 9.47 Å². The van der Waals surface area contributed by atoms with Gasteiger partial charge in [0, 0.05) is 51.3 Å². The van der Waals surface area contributed by atoms with Crippen LogP contribution in [0.1, 0.15) is 57.8 Å². The average molecular weight is 477 g/mol. The zero-order valence-corrected chi connectivity index (χ0v) is 18.7. The third-order valence-electron chi connectivity index (χ3n) is 7.68. The lowest BCUT2D eigenvalue weighted by Crippen LogP contribution is -2.72. The molecule has 0 amide bonds. The van der Waals surface area contributed by atoms with Gasteiger partial charge in [0.05, 0.1) is 6.10 Å². The van der Waals surface area contributed by atoms with Crippen molar-refractivity contribution in [2.24, 2.45) is 21.7 Å². The molecule has 3 saturated carbocycles. The van der Waals surface area contributed by atoms with Crippen LogP contribution in [0.2, 0.25) is 0 Å². The van der Waals surface area contributed by atoms with Crippen molar-refractivity contribution >= 4 is 29.9 Å². The van der Waals surface area contributed by atoms with E-state index in [9.17, 15) is 0 Å². The first-order valence-electron chi connectivity index (χ1n) is 10.3. The molecule has 1 saturated heterocycles. The number of guanidine groups is 1. The molecule has 4 rings (SSSR count). The van der Waals surface area contributed by atoms with Crippen LogP contribution >= 0.6 is 24.0 Å². The second kappa shape index (κ2) is 8.52. The predicted octanol–water partition coefficient (Wildman–Crippen LogP) is 3.32. The van der Waals surface area contributed by atoms with Crippen molar-refractivity contribution in [3.63, 3.8) is 0 Å². The number of rotatable bonds is 6. The van der Waals surface area contributed by atoms with Gasteiger partial charge in [-0.3, -0.25) is 4.99 Å². The summed E-state index contributed by atoms with van der Waals surface area (Å²) >= 11 is 0. The minimum Gasteiger partial charge on any atom is -0.385 e. The van der Waals surface area contributed by atoms with Crippen molar-refractivity contribution in [1.29, 1.82) is 0 Å². The Morgan fingerprint density at radius 2 is 1.96 bits per heavy atom. The summed E-state index contributed by atoms with van der Waals surface area (Å²) < 4.78 is 11.4. The monoisotopic (exact) mass is 477 g/mol. The van der Waals surface area contributed by atoms with Crippen LogP contribution in [0, 0.1) is 16.7 Å². The molecule has 26 heavy (non-hydrogen) atoms. The molecule has 3 atom stereocenters. The number of ether oxygens (including phenoxy) is 2. The third-order valence-corrected chi connectivity index (χ3v) is 7.68. The van der Waals surface area contributed by atoms with E-state index in [1.54, 1.807) is 0 Å². The third kappa shape index (κ3) is 3.50. The molecule has 0 aromatic carbocycles. The van der Waals surface area contributed by atoms with E-state index in [4.69, 9.17) is 9.47 Å². The maximum atomic E-state index is 6.04. The molecule has 4 aliphatic rings. The predicted molar refractivity (Wildman–Crippen MR) is 115 cm³/mol. The van der Waals surface area contributed by atoms with E-state index < -0.39 is 0 Å². The summed E-state index contributed by atoms with van der Waals surface area (Å²) in [6.45, 7) is 2.82. The number of nitrogens with zero attached hydrogens (tertiary/aromatic N) is 1. The van der Waals surface area contributed by atoms with E-state index in [2.05, 4.69) is 15.6 Å². The Bertz CT molecular complexity index is 503. The summed E-state index contributed by atoms with van der Waals surface area (Å²) in [7, 11) is 3.71. The van der Waals surface area contributed by atoms with Crippen LogP contribution in [0.4, 0.5) is 0 Å². The van der Waals surface area contributed by atoms with Crippen LogP contribution in [-0.4, -0.2) is 52.0 Å². The summed E-state index contributed by atoms with van der Waals surface area (Å²) in [6, 6.07) is 0.554. The van der Waals surface area contributed by atoms with Gasteiger partial charge in [-0.2, -0.15) is 0 Å². The molecule has 150 valence electrons. The SMILES string of the molecule is CN=C(NCC1(CCOC)CCCC1)NC1C2CCOC2C12CCC2.I. The number of hydrogen-bond donors (Lipinski definition) is 2. The number of hydrogen-bond acceptors (Lipinski definition) is 3. The maximum Gasteiger partial charge on any atom is 0.191 e. The Balaban J connectivity index is 0.00000196. The van der Waals surface area contributed by atoms with E-state index in [0.717, 1.165) is 32.1 Å². The number of methoxy groups -OCH3 is 1. The summed E-state index contributed by atoms with van der Waals surface area (Å²) in [5, 5.41) is 7.46. The van der Waals surface area contributed by atoms with Gasteiger partial charge in [-0.15, -0.1) is 24.0 Å². The van der Waals surface area contributed by atoms with E-state index in [0.29, 0.717) is 28.9 Å². The molecular weight excluding hydrogens is 441 g/mol. The van der Waals surface area contributed by atoms with E-state index in [1.807, 2.05) is 14.2 Å². The highest BCUT2D eigenvalue weighted by atomic mass is 127. The molecule has 1 heterocycles. The fraction of sp³-hybridized carbons (Fsp3) is 0.950. The molecular formula is C20H36IN3O2. The second-order valence-electron chi connectivity index (χ2n) is 8.83. The van der Waals surface area contributed by atoms with Crippen LogP contribution in [0.3, 0.4) is 0 Å². The van der Waals surface area contributed by atoms with Gasteiger partial charge in [0.15, 0.2) is 5.96 Å². The largest absolute Gasteiger partial charge is 0.385 e. The smallest absolute Gasteiger partial charge is 0.191 e. The maximum absolute atomic E-state index is 6.04. The number of halogens is 1. The summed E-state index contributed by atoms with van der Waals surface area (Å²) in [6.07, 6.45) is 12.2. The van der Waals surface area contributed by atoms with E-state index in [1.165, 1.54) is 51.4 Å². The fourth-order valence-corrected chi connectivity index (χ4v) is 6.03. The molecule has 0 radical (unpaired) electrons. The van der Waals surface area contributed by atoms with Gasteiger partial charge in [0.1, 0.15) is 0 Å². The zero-order valence-electron chi connectivity index (χ0n) is 16.4. The number of fused-ring (bicyclic) bond motifs is 2. The fourth-order valence-electron chi connectivity index (χ4n) is 6.03. The topological polar surface area (TPSA) is 54.9 Å². The highest BCUT2D eigenvalue weighted by Crippen LogP contribution is 2.62. The molecule has 2 N–H and O–H groups in total. The highest BCUT2D eigenvalue weighted by Gasteiger charge is 2.66. The van der Waals surface area contributed by atoms with E-state index >= 15 is 0 Å². The molecule has 1 aliphatic heterocycles.